The Bertz CT molecular complexity index is 696. The van der Waals surface area contributed by atoms with E-state index in [-0.39, 0.29) is 4.90 Å². The van der Waals surface area contributed by atoms with Crippen LogP contribution in [0.5, 0.6) is 0 Å². The van der Waals surface area contributed by atoms with Gasteiger partial charge in [0.05, 0.1) is 10.7 Å². The van der Waals surface area contributed by atoms with Crippen molar-refractivity contribution in [3.05, 3.63) is 40.3 Å². The number of sulfonamides is 1. The van der Waals surface area contributed by atoms with Crippen molar-refractivity contribution in [3.8, 4) is 0 Å². The zero-order chi connectivity index (χ0) is 15.3. The number of nitrogens with one attached hydrogen (secondary N) is 2. The first-order chi connectivity index (χ1) is 10.0. The molecule has 2 rings (SSSR count). The summed E-state index contributed by atoms with van der Waals surface area (Å²) in [6.07, 6.45) is 0.772. The van der Waals surface area contributed by atoms with E-state index in [4.69, 9.17) is 0 Å². The SMILES string of the molecule is CCNS(=O)(=O)c1ccccc1NCCc1nc(C)cs1. The van der Waals surface area contributed by atoms with Crippen LogP contribution in [-0.2, 0) is 16.4 Å². The number of aromatic nitrogens is 1. The van der Waals surface area contributed by atoms with Crippen LogP contribution in [0.15, 0.2) is 34.5 Å². The summed E-state index contributed by atoms with van der Waals surface area (Å²) in [7, 11) is -3.46. The average molecular weight is 325 g/mol. The minimum atomic E-state index is -3.46. The highest BCUT2D eigenvalue weighted by Crippen LogP contribution is 2.20. The molecule has 1 heterocycles. The predicted molar refractivity (Wildman–Crippen MR) is 86.3 cm³/mol. The molecule has 21 heavy (non-hydrogen) atoms. The summed E-state index contributed by atoms with van der Waals surface area (Å²) in [5.74, 6) is 0. The highest BCUT2D eigenvalue weighted by molar-refractivity contribution is 7.89. The van der Waals surface area contributed by atoms with Crippen LogP contribution in [0.4, 0.5) is 5.69 Å². The van der Waals surface area contributed by atoms with Gasteiger partial charge in [0.15, 0.2) is 0 Å². The van der Waals surface area contributed by atoms with Crippen molar-refractivity contribution in [2.75, 3.05) is 18.4 Å². The standard InChI is InChI=1S/C14H19N3O2S2/c1-3-16-21(18,19)13-7-5-4-6-12(13)15-9-8-14-17-11(2)10-20-14/h4-7,10,15-16H,3,8-9H2,1-2H3. The molecule has 0 fully saturated rings. The van der Waals surface area contributed by atoms with E-state index in [2.05, 4.69) is 15.0 Å². The Balaban J connectivity index is 2.06. The van der Waals surface area contributed by atoms with E-state index >= 15 is 0 Å². The summed E-state index contributed by atoms with van der Waals surface area (Å²) in [6.45, 7) is 4.74. The lowest BCUT2D eigenvalue weighted by Crippen LogP contribution is -2.24. The molecule has 0 aliphatic rings. The summed E-state index contributed by atoms with van der Waals surface area (Å²) in [4.78, 5) is 4.67. The fraction of sp³-hybridized carbons (Fsp3) is 0.357. The van der Waals surface area contributed by atoms with Crippen LogP contribution < -0.4 is 10.0 Å². The first-order valence-corrected chi connectivity index (χ1v) is 9.13. The van der Waals surface area contributed by atoms with E-state index in [1.807, 2.05) is 18.4 Å². The third-order valence-electron chi connectivity index (χ3n) is 2.83. The number of rotatable bonds is 7. The van der Waals surface area contributed by atoms with Gasteiger partial charge in [0, 0.05) is 30.6 Å². The maximum absolute atomic E-state index is 12.1. The second kappa shape index (κ2) is 7.02. The molecule has 0 aliphatic carbocycles. The molecule has 1 aromatic carbocycles. The minimum Gasteiger partial charge on any atom is -0.384 e. The number of hydrogen-bond acceptors (Lipinski definition) is 5. The van der Waals surface area contributed by atoms with E-state index in [1.54, 1.807) is 36.5 Å². The molecule has 0 unspecified atom stereocenters. The molecule has 1 aromatic heterocycles. The Labute approximate surface area is 129 Å². The number of thiazole rings is 1. The topological polar surface area (TPSA) is 71.1 Å². The Morgan fingerprint density at radius 2 is 2.05 bits per heavy atom. The fourth-order valence-electron chi connectivity index (χ4n) is 1.94. The number of aryl methyl sites for hydroxylation is 1. The summed E-state index contributed by atoms with van der Waals surface area (Å²) in [5.41, 5.74) is 1.64. The van der Waals surface area contributed by atoms with Crippen LogP contribution in [0, 0.1) is 6.92 Å². The molecule has 0 spiro atoms. The number of benzene rings is 1. The summed E-state index contributed by atoms with van der Waals surface area (Å²) >= 11 is 1.62. The molecule has 0 bridgehead atoms. The van der Waals surface area contributed by atoms with Gasteiger partial charge in [0.1, 0.15) is 4.90 Å². The van der Waals surface area contributed by atoms with Gasteiger partial charge < -0.3 is 5.32 Å². The maximum Gasteiger partial charge on any atom is 0.242 e. The molecule has 7 heteroatoms. The maximum atomic E-state index is 12.1. The van der Waals surface area contributed by atoms with E-state index in [0.29, 0.717) is 18.8 Å². The summed E-state index contributed by atoms with van der Waals surface area (Å²) in [5, 5.41) is 6.24. The van der Waals surface area contributed by atoms with Crippen molar-refractivity contribution in [3.63, 3.8) is 0 Å². The van der Waals surface area contributed by atoms with Gasteiger partial charge in [-0.15, -0.1) is 11.3 Å². The van der Waals surface area contributed by atoms with Gasteiger partial charge in [-0.1, -0.05) is 19.1 Å². The van der Waals surface area contributed by atoms with Gasteiger partial charge in [0.25, 0.3) is 0 Å². The third kappa shape index (κ3) is 4.26. The van der Waals surface area contributed by atoms with Gasteiger partial charge in [-0.2, -0.15) is 0 Å². The molecule has 0 saturated carbocycles. The Morgan fingerprint density at radius 3 is 2.71 bits per heavy atom. The van der Waals surface area contributed by atoms with Crippen molar-refractivity contribution in [1.29, 1.82) is 0 Å². The molecule has 0 atom stereocenters. The zero-order valence-electron chi connectivity index (χ0n) is 12.1. The largest absolute Gasteiger partial charge is 0.384 e. The van der Waals surface area contributed by atoms with Crippen LogP contribution in [0.2, 0.25) is 0 Å². The van der Waals surface area contributed by atoms with Crippen LogP contribution in [0.1, 0.15) is 17.6 Å². The smallest absolute Gasteiger partial charge is 0.242 e. The van der Waals surface area contributed by atoms with Crippen molar-refractivity contribution in [2.24, 2.45) is 0 Å². The first-order valence-electron chi connectivity index (χ1n) is 6.76. The molecule has 0 amide bonds. The normalized spacial score (nSPS) is 11.5. The lowest BCUT2D eigenvalue weighted by atomic mass is 10.3. The lowest BCUT2D eigenvalue weighted by Gasteiger charge is -2.12. The van der Waals surface area contributed by atoms with Crippen molar-refractivity contribution < 1.29 is 8.42 Å². The molecule has 0 aliphatic heterocycles. The van der Waals surface area contributed by atoms with Crippen LogP contribution in [-0.4, -0.2) is 26.5 Å². The van der Waals surface area contributed by atoms with Gasteiger partial charge in [-0.3, -0.25) is 0 Å². The second-order valence-corrected chi connectivity index (χ2v) is 7.23. The van der Waals surface area contributed by atoms with Crippen LogP contribution in [0.3, 0.4) is 0 Å². The van der Waals surface area contributed by atoms with Crippen molar-refractivity contribution in [1.82, 2.24) is 9.71 Å². The molecule has 0 saturated heterocycles. The molecule has 114 valence electrons. The molecule has 2 N–H and O–H groups in total. The van der Waals surface area contributed by atoms with E-state index < -0.39 is 10.0 Å². The van der Waals surface area contributed by atoms with E-state index in [9.17, 15) is 8.42 Å². The number of nitrogens with zero attached hydrogens (tertiary/aromatic N) is 1. The van der Waals surface area contributed by atoms with Gasteiger partial charge in [-0.25, -0.2) is 18.1 Å². The fourth-order valence-corrected chi connectivity index (χ4v) is 3.94. The Kier molecular flexibility index (Phi) is 5.33. The van der Waals surface area contributed by atoms with Gasteiger partial charge >= 0.3 is 0 Å². The molecule has 0 radical (unpaired) electrons. The highest BCUT2D eigenvalue weighted by atomic mass is 32.2. The molecule has 5 nitrogen and oxygen atoms in total. The molecular formula is C14H19N3O2S2. The van der Waals surface area contributed by atoms with Gasteiger partial charge in [-0.05, 0) is 19.1 Å². The molecular weight excluding hydrogens is 306 g/mol. The van der Waals surface area contributed by atoms with Crippen molar-refractivity contribution in [2.45, 2.75) is 25.2 Å². The third-order valence-corrected chi connectivity index (χ3v) is 5.46. The highest BCUT2D eigenvalue weighted by Gasteiger charge is 2.16. The quantitative estimate of drug-likeness (QED) is 0.820. The average Bonchev–Trinajstić information content (AvgIpc) is 2.85. The van der Waals surface area contributed by atoms with E-state index in [1.165, 1.54) is 0 Å². The summed E-state index contributed by atoms with van der Waals surface area (Å²) in [6, 6.07) is 6.92. The van der Waals surface area contributed by atoms with Crippen LogP contribution >= 0.6 is 11.3 Å². The van der Waals surface area contributed by atoms with Gasteiger partial charge in [0.2, 0.25) is 10.0 Å². The predicted octanol–water partition coefficient (Wildman–Crippen LogP) is 2.40. The Morgan fingerprint density at radius 1 is 1.29 bits per heavy atom. The number of para-hydroxylation sites is 1. The number of anilines is 1. The minimum absolute atomic E-state index is 0.280. The lowest BCUT2D eigenvalue weighted by molar-refractivity contribution is 0.584. The summed E-state index contributed by atoms with van der Waals surface area (Å²) < 4.78 is 26.8. The first kappa shape index (κ1) is 15.9. The second-order valence-electron chi connectivity index (χ2n) is 4.56. The van der Waals surface area contributed by atoms with Crippen LogP contribution in [0.25, 0.3) is 0 Å². The van der Waals surface area contributed by atoms with Crippen molar-refractivity contribution >= 4 is 27.0 Å². The molecule has 2 aromatic rings. The number of hydrogen-bond donors (Lipinski definition) is 2. The zero-order valence-corrected chi connectivity index (χ0v) is 13.7. The Hall–Kier alpha value is -1.44. The van der Waals surface area contributed by atoms with E-state index in [0.717, 1.165) is 17.1 Å². The monoisotopic (exact) mass is 325 g/mol.